The molecule has 0 heterocycles. The Labute approximate surface area is 92.5 Å². The van der Waals surface area contributed by atoms with Crippen molar-refractivity contribution >= 4 is 5.78 Å². The van der Waals surface area contributed by atoms with Gasteiger partial charge in [-0.1, -0.05) is 11.6 Å². The molecule has 15 heavy (non-hydrogen) atoms. The average molecular weight is 214 g/mol. The van der Waals surface area contributed by atoms with E-state index in [4.69, 9.17) is 9.47 Å². The van der Waals surface area contributed by atoms with Crippen LogP contribution in [-0.2, 0) is 14.3 Å². The van der Waals surface area contributed by atoms with E-state index in [1.165, 1.54) is 5.57 Å². The monoisotopic (exact) mass is 214 g/mol. The van der Waals surface area contributed by atoms with E-state index in [1.54, 1.807) is 21.1 Å². The van der Waals surface area contributed by atoms with Crippen LogP contribution in [0.1, 0.15) is 39.5 Å². The van der Waals surface area contributed by atoms with Crippen LogP contribution in [0.15, 0.2) is 11.6 Å². The number of hydrogen-bond acceptors (Lipinski definition) is 3. The van der Waals surface area contributed by atoms with Crippen LogP contribution in [0.4, 0.5) is 0 Å². The van der Waals surface area contributed by atoms with Crippen molar-refractivity contribution in [2.75, 3.05) is 14.2 Å². The molecule has 88 valence electrons. The summed E-state index contributed by atoms with van der Waals surface area (Å²) in [5, 5.41) is 0. The lowest BCUT2D eigenvalue weighted by molar-refractivity contribution is -0.116. The molecule has 3 nitrogen and oxygen atoms in total. The third kappa shape index (κ3) is 8.33. The summed E-state index contributed by atoms with van der Waals surface area (Å²) in [6.07, 6.45) is 5.27. The van der Waals surface area contributed by atoms with Crippen LogP contribution in [-0.4, -0.2) is 26.3 Å². The number of rotatable bonds is 8. The van der Waals surface area contributed by atoms with Gasteiger partial charge in [-0.2, -0.15) is 0 Å². The Morgan fingerprint density at radius 1 is 1.20 bits per heavy atom. The second-order valence-electron chi connectivity index (χ2n) is 3.73. The Kier molecular flexibility index (Phi) is 8.24. The molecule has 0 N–H and O–H groups in total. The number of Topliss-reactive ketones (excluding diaryl/α,β-unsaturated/α-hetero) is 1. The molecule has 0 aromatic carbocycles. The first-order chi connectivity index (χ1) is 7.10. The summed E-state index contributed by atoms with van der Waals surface area (Å²) >= 11 is 0. The van der Waals surface area contributed by atoms with Gasteiger partial charge < -0.3 is 14.3 Å². The largest absolute Gasteiger partial charge is 0.356 e. The van der Waals surface area contributed by atoms with Gasteiger partial charge in [0.1, 0.15) is 5.78 Å². The highest BCUT2D eigenvalue weighted by Crippen LogP contribution is 2.10. The number of ketones is 1. The molecule has 0 radical (unpaired) electrons. The van der Waals surface area contributed by atoms with E-state index in [9.17, 15) is 4.79 Å². The number of allylic oxidation sites excluding steroid dienone is 2. The van der Waals surface area contributed by atoms with Crippen molar-refractivity contribution in [2.24, 2.45) is 0 Å². The highest BCUT2D eigenvalue weighted by atomic mass is 16.7. The Balaban J connectivity index is 3.71. The van der Waals surface area contributed by atoms with Crippen LogP contribution in [0.5, 0.6) is 0 Å². The zero-order valence-electron chi connectivity index (χ0n) is 10.2. The summed E-state index contributed by atoms with van der Waals surface area (Å²) < 4.78 is 10.2. The quantitative estimate of drug-likeness (QED) is 0.460. The zero-order chi connectivity index (χ0) is 11.7. The highest BCUT2D eigenvalue weighted by Gasteiger charge is 2.04. The molecular weight excluding hydrogens is 192 g/mol. The van der Waals surface area contributed by atoms with E-state index in [0.717, 1.165) is 19.3 Å². The lowest BCUT2D eigenvalue weighted by atomic mass is 10.1. The van der Waals surface area contributed by atoms with Gasteiger partial charge in [0.05, 0.1) is 0 Å². The van der Waals surface area contributed by atoms with Crippen molar-refractivity contribution in [3.8, 4) is 0 Å². The van der Waals surface area contributed by atoms with Crippen molar-refractivity contribution in [1.29, 1.82) is 0 Å². The predicted octanol–water partition coefficient (Wildman–Crippen LogP) is 2.70. The lowest BCUT2D eigenvalue weighted by Gasteiger charge is -2.12. The van der Waals surface area contributed by atoms with Crippen molar-refractivity contribution < 1.29 is 14.3 Å². The summed E-state index contributed by atoms with van der Waals surface area (Å²) in [4.78, 5) is 10.7. The summed E-state index contributed by atoms with van der Waals surface area (Å²) in [6, 6.07) is 0. The minimum atomic E-state index is -0.124. The van der Waals surface area contributed by atoms with Gasteiger partial charge in [0.2, 0.25) is 0 Å². The first kappa shape index (κ1) is 14.3. The average Bonchev–Trinajstić information content (AvgIpc) is 2.18. The fraction of sp³-hybridized carbons (Fsp3) is 0.750. The Morgan fingerprint density at radius 2 is 1.80 bits per heavy atom. The van der Waals surface area contributed by atoms with Crippen LogP contribution >= 0.6 is 0 Å². The van der Waals surface area contributed by atoms with Crippen molar-refractivity contribution in [1.82, 2.24) is 0 Å². The first-order valence-electron chi connectivity index (χ1n) is 5.30. The van der Waals surface area contributed by atoms with Crippen LogP contribution in [0.3, 0.4) is 0 Å². The van der Waals surface area contributed by atoms with Gasteiger partial charge >= 0.3 is 0 Å². The minimum Gasteiger partial charge on any atom is -0.356 e. The number of methoxy groups -OCH3 is 2. The molecule has 0 amide bonds. The second kappa shape index (κ2) is 8.62. The van der Waals surface area contributed by atoms with Crippen LogP contribution in [0, 0.1) is 0 Å². The minimum absolute atomic E-state index is 0.124. The Morgan fingerprint density at radius 3 is 2.27 bits per heavy atom. The number of carbonyl (C=O) groups excluding carboxylic acids is 1. The molecular formula is C12H22O3. The summed E-state index contributed by atoms with van der Waals surface area (Å²) in [7, 11) is 3.28. The predicted molar refractivity (Wildman–Crippen MR) is 60.7 cm³/mol. The molecule has 0 aliphatic heterocycles. The SMILES string of the molecule is COC(CC/C(C)=C/CCC(C)=O)OC. The van der Waals surface area contributed by atoms with E-state index in [0.29, 0.717) is 6.42 Å². The molecule has 0 spiro atoms. The van der Waals surface area contributed by atoms with Gasteiger partial charge in [-0.25, -0.2) is 0 Å². The third-order valence-electron chi connectivity index (χ3n) is 2.29. The van der Waals surface area contributed by atoms with Crippen LogP contribution in [0.2, 0.25) is 0 Å². The Bertz CT molecular complexity index is 205. The molecule has 0 saturated carbocycles. The first-order valence-corrected chi connectivity index (χ1v) is 5.30. The lowest BCUT2D eigenvalue weighted by Crippen LogP contribution is -2.12. The third-order valence-corrected chi connectivity index (χ3v) is 2.29. The molecule has 0 aliphatic rings. The summed E-state index contributed by atoms with van der Waals surface area (Å²) in [5.74, 6) is 0.241. The second-order valence-corrected chi connectivity index (χ2v) is 3.73. The van der Waals surface area contributed by atoms with Gasteiger partial charge in [0.15, 0.2) is 6.29 Å². The maximum atomic E-state index is 10.7. The number of hydrogen-bond donors (Lipinski definition) is 0. The molecule has 0 rings (SSSR count). The van der Waals surface area contributed by atoms with Gasteiger partial charge in [-0.3, -0.25) is 0 Å². The zero-order valence-corrected chi connectivity index (χ0v) is 10.2. The molecule has 0 aliphatic carbocycles. The molecule has 0 bridgehead atoms. The topological polar surface area (TPSA) is 35.5 Å². The molecule has 0 unspecified atom stereocenters. The van der Waals surface area contributed by atoms with Gasteiger partial charge in [-0.05, 0) is 26.7 Å². The normalized spacial score (nSPS) is 12.2. The molecule has 0 aromatic heterocycles. The fourth-order valence-corrected chi connectivity index (χ4v) is 1.30. The van der Waals surface area contributed by atoms with E-state index in [2.05, 4.69) is 13.0 Å². The maximum Gasteiger partial charge on any atom is 0.157 e. The van der Waals surface area contributed by atoms with Gasteiger partial charge in [0.25, 0.3) is 0 Å². The summed E-state index contributed by atoms with van der Waals surface area (Å²) in [6.45, 7) is 3.69. The van der Waals surface area contributed by atoms with Gasteiger partial charge in [0, 0.05) is 27.1 Å². The number of carbonyl (C=O) groups is 1. The Hall–Kier alpha value is -0.670. The fourth-order valence-electron chi connectivity index (χ4n) is 1.30. The molecule has 0 fully saturated rings. The standard InChI is InChI=1S/C12H22O3/c1-10(6-5-7-11(2)13)8-9-12(14-3)15-4/h6,12H,5,7-9H2,1-4H3/b10-6+. The highest BCUT2D eigenvalue weighted by molar-refractivity contribution is 5.75. The maximum absolute atomic E-state index is 10.7. The molecule has 3 heteroatoms. The summed E-state index contributed by atoms with van der Waals surface area (Å²) in [5.41, 5.74) is 1.29. The van der Waals surface area contributed by atoms with E-state index in [1.807, 2.05) is 0 Å². The number of ether oxygens (including phenoxy) is 2. The van der Waals surface area contributed by atoms with E-state index < -0.39 is 0 Å². The van der Waals surface area contributed by atoms with Crippen molar-refractivity contribution in [2.45, 2.75) is 45.8 Å². The molecule has 0 aromatic rings. The van der Waals surface area contributed by atoms with Crippen LogP contribution < -0.4 is 0 Å². The van der Waals surface area contributed by atoms with Crippen LogP contribution in [0.25, 0.3) is 0 Å². The molecule has 0 atom stereocenters. The van der Waals surface area contributed by atoms with Gasteiger partial charge in [-0.15, -0.1) is 0 Å². The van der Waals surface area contributed by atoms with E-state index >= 15 is 0 Å². The smallest absolute Gasteiger partial charge is 0.157 e. The van der Waals surface area contributed by atoms with Crippen molar-refractivity contribution in [3.63, 3.8) is 0 Å². The van der Waals surface area contributed by atoms with E-state index in [-0.39, 0.29) is 12.1 Å². The van der Waals surface area contributed by atoms with Crippen molar-refractivity contribution in [3.05, 3.63) is 11.6 Å². The molecule has 0 saturated heterocycles.